The van der Waals surface area contributed by atoms with Gasteiger partial charge in [0.15, 0.2) is 0 Å². The zero-order valence-corrected chi connectivity index (χ0v) is 11.4. The van der Waals surface area contributed by atoms with Crippen molar-refractivity contribution in [2.24, 2.45) is 11.7 Å². The second kappa shape index (κ2) is 6.45. The molecule has 1 saturated carbocycles. The standard InChI is InChI=1S/C12H24N2O.ClH/c1-4-12(3,5-2)14-11(15)9-6-7-10(13)8-9;/h9-10H,4-8,13H2,1-3H3,(H,14,15);1H. The van der Waals surface area contributed by atoms with Gasteiger partial charge in [-0.3, -0.25) is 4.79 Å². The first-order valence-electron chi connectivity index (χ1n) is 6.08. The Hall–Kier alpha value is -0.280. The first-order valence-corrected chi connectivity index (χ1v) is 6.08. The van der Waals surface area contributed by atoms with Crippen LogP contribution in [-0.4, -0.2) is 17.5 Å². The second-order valence-corrected chi connectivity index (χ2v) is 5.03. The monoisotopic (exact) mass is 248 g/mol. The van der Waals surface area contributed by atoms with Crippen LogP contribution in [0.5, 0.6) is 0 Å². The summed E-state index contributed by atoms with van der Waals surface area (Å²) in [6.07, 6.45) is 4.76. The van der Waals surface area contributed by atoms with E-state index in [0.29, 0.717) is 0 Å². The van der Waals surface area contributed by atoms with Crippen molar-refractivity contribution in [3.05, 3.63) is 0 Å². The Labute approximate surface area is 105 Å². The number of nitrogens with one attached hydrogen (secondary N) is 1. The highest BCUT2D eigenvalue weighted by atomic mass is 35.5. The molecule has 16 heavy (non-hydrogen) atoms. The largest absolute Gasteiger partial charge is 0.351 e. The molecular weight excluding hydrogens is 224 g/mol. The molecule has 0 aromatic heterocycles. The summed E-state index contributed by atoms with van der Waals surface area (Å²) in [5, 5.41) is 3.16. The Morgan fingerprint density at radius 3 is 2.31 bits per heavy atom. The molecule has 4 heteroatoms. The quantitative estimate of drug-likeness (QED) is 0.802. The number of amides is 1. The maximum absolute atomic E-state index is 12.0. The molecule has 0 saturated heterocycles. The van der Waals surface area contributed by atoms with Gasteiger partial charge in [0.25, 0.3) is 0 Å². The fourth-order valence-corrected chi connectivity index (χ4v) is 2.08. The highest BCUT2D eigenvalue weighted by molar-refractivity contribution is 5.85. The molecule has 0 spiro atoms. The van der Waals surface area contributed by atoms with Crippen LogP contribution in [0.15, 0.2) is 0 Å². The summed E-state index contributed by atoms with van der Waals surface area (Å²) in [4.78, 5) is 12.0. The van der Waals surface area contributed by atoms with Gasteiger partial charge in [0, 0.05) is 17.5 Å². The van der Waals surface area contributed by atoms with E-state index >= 15 is 0 Å². The van der Waals surface area contributed by atoms with E-state index in [0.717, 1.165) is 32.1 Å². The second-order valence-electron chi connectivity index (χ2n) is 5.03. The molecule has 0 aromatic rings. The van der Waals surface area contributed by atoms with Crippen molar-refractivity contribution in [1.82, 2.24) is 5.32 Å². The minimum atomic E-state index is -0.0379. The number of nitrogens with two attached hydrogens (primary N) is 1. The van der Waals surface area contributed by atoms with Gasteiger partial charge in [-0.15, -0.1) is 12.4 Å². The number of hydrogen-bond donors (Lipinski definition) is 2. The average molecular weight is 249 g/mol. The Balaban J connectivity index is 0.00000225. The predicted octanol–water partition coefficient (Wildman–Crippen LogP) is 2.23. The molecule has 1 aliphatic rings. The Morgan fingerprint density at radius 2 is 1.94 bits per heavy atom. The smallest absolute Gasteiger partial charge is 0.223 e. The molecule has 96 valence electrons. The fraction of sp³-hybridized carbons (Fsp3) is 0.917. The molecule has 1 fully saturated rings. The molecule has 1 rings (SSSR count). The van der Waals surface area contributed by atoms with Gasteiger partial charge in [-0.05, 0) is 39.0 Å². The Morgan fingerprint density at radius 1 is 1.38 bits per heavy atom. The van der Waals surface area contributed by atoms with Crippen molar-refractivity contribution in [1.29, 1.82) is 0 Å². The molecule has 1 amide bonds. The minimum absolute atomic E-state index is 0. The third kappa shape index (κ3) is 3.95. The third-order valence-electron chi connectivity index (χ3n) is 3.83. The van der Waals surface area contributed by atoms with E-state index in [9.17, 15) is 4.79 Å². The van der Waals surface area contributed by atoms with Crippen molar-refractivity contribution in [3.8, 4) is 0 Å². The van der Waals surface area contributed by atoms with Crippen LogP contribution in [0.4, 0.5) is 0 Å². The van der Waals surface area contributed by atoms with Crippen LogP contribution >= 0.6 is 12.4 Å². The topological polar surface area (TPSA) is 55.1 Å². The summed E-state index contributed by atoms with van der Waals surface area (Å²) in [6.45, 7) is 6.34. The van der Waals surface area contributed by atoms with E-state index in [2.05, 4.69) is 26.1 Å². The highest BCUT2D eigenvalue weighted by Gasteiger charge is 2.31. The van der Waals surface area contributed by atoms with Crippen LogP contribution in [0.1, 0.15) is 52.9 Å². The molecule has 3 nitrogen and oxygen atoms in total. The molecule has 2 atom stereocenters. The molecule has 0 heterocycles. The van der Waals surface area contributed by atoms with Gasteiger partial charge in [-0.2, -0.15) is 0 Å². The Bertz CT molecular complexity index is 229. The van der Waals surface area contributed by atoms with Crippen LogP contribution in [0, 0.1) is 5.92 Å². The molecule has 0 bridgehead atoms. The summed E-state index contributed by atoms with van der Waals surface area (Å²) in [7, 11) is 0. The van der Waals surface area contributed by atoms with E-state index in [-0.39, 0.29) is 35.8 Å². The van der Waals surface area contributed by atoms with Gasteiger partial charge in [0.05, 0.1) is 0 Å². The number of carbonyl (C=O) groups excluding carboxylic acids is 1. The van der Waals surface area contributed by atoms with Crippen LogP contribution < -0.4 is 11.1 Å². The SMILES string of the molecule is CCC(C)(CC)NC(=O)C1CCC(N)C1.Cl. The lowest BCUT2D eigenvalue weighted by Gasteiger charge is -2.29. The van der Waals surface area contributed by atoms with Gasteiger partial charge in [0.1, 0.15) is 0 Å². The number of halogens is 1. The van der Waals surface area contributed by atoms with Crippen LogP contribution in [0.3, 0.4) is 0 Å². The lowest BCUT2D eigenvalue weighted by atomic mass is 9.94. The fourth-order valence-electron chi connectivity index (χ4n) is 2.08. The maximum atomic E-state index is 12.0. The zero-order chi connectivity index (χ0) is 11.5. The van der Waals surface area contributed by atoms with Crippen molar-refractivity contribution in [2.75, 3.05) is 0 Å². The molecular formula is C12H25ClN2O. The summed E-state index contributed by atoms with van der Waals surface area (Å²) in [5.74, 6) is 0.353. The van der Waals surface area contributed by atoms with Gasteiger partial charge >= 0.3 is 0 Å². The Kier molecular flexibility index (Phi) is 6.34. The number of rotatable bonds is 4. The highest BCUT2D eigenvalue weighted by Crippen LogP contribution is 2.25. The number of hydrogen-bond acceptors (Lipinski definition) is 2. The van der Waals surface area contributed by atoms with Gasteiger partial charge < -0.3 is 11.1 Å². The van der Waals surface area contributed by atoms with E-state index in [1.54, 1.807) is 0 Å². The third-order valence-corrected chi connectivity index (χ3v) is 3.83. The molecule has 0 aromatic carbocycles. The molecule has 3 N–H and O–H groups in total. The van der Waals surface area contributed by atoms with Gasteiger partial charge in [-0.1, -0.05) is 13.8 Å². The maximum Gasteiger partial charge on any atom is 0.223 e. The van der Waals surface area contributed by atoms with Crippen LogP contribution in [0.25, 0.3) is 0 Å². The van der Waals surface area contributed by atoms with Gasteiger partial charge in [0.2, 0.25) is 5.91 Å². The number of carbonyl (C=O) groups is 1. The summed E-state index contributed by atoms with van der Waals surface area (Å²) < 4.78 is 0. The summed E-state index contributed by atoms with van der Waals surface area (Å²) in [5.41, 5.74) is 5.77. The summed E-state index contributed by atoms with van der Waals surface area (Å²) in [6, 6.07) is 0.232. The van der Waals surface area contributed by atoms with Gasteiger partial charge in [-0.25, -0.2) is 0 Å². The van der Waals surface area contributed by atoms with E-state index < -0.39 is 0 Å². The molecule has 0 aliphatic heterocycles. The van der Waals surface area contributed by atoms with Crippen molar-refractivity contribution < 1.29 is 4.79 Å². The van der Waals surface area contributed by atoms with Crippen molar-refractivity contribution >= 4 is 18.3 Å². The molecule has 2 unspecified atom stereocenters. The van der Waals surface area contributed by atoms with Crippen molar-refractivity contribution in [2.45, 2.75) is 64.5 Å². The lowest BCUT2D eigenvalue weighted by molar-refractivity contribution is -0.126. The normalized spacial score (nSPS) is 25.0. The minimum Gasteiger partial charge on any atom is -0.351 e. The molecule has 1 aliphatic carbocycles. The van der Waals surface area contributed by atoms with Crippen LogP contribution in [-0.2, 0) is 4.79 Å². The lowest BCUT2D eigenvalue weighted by Crippen LogP contribution is -2.47. The summed E-state index contributed by atoms with van der Waals surface area (Å²) >= 11 is 0. The average Bonchev–Trinajstić information content (AvgIpc) is 2.65. The van der Waals surface area contributed by atoms with Crippen molar-refractivity contribution in [3.63, 3.8) is 0 Å². The van der Waals surface area contributed by atoms with E-state index in [1.165, 1.54) is 0 Å². The van der Waals surface area contributed by atoms with Crippen LogP contribution in [0.2, 0.25) is 0 Å². The first-order chi connectivity index (χ1) is 7.00. The van der Waals surface area contributed by atoms with E-state index in [1.807, 2.05) is 0 Å². The molecule has 0 radical (unpaired) electrons. The first kappa shape index (κ1) is 15.7. The predicted molar refractivity (Wildman–Crippen MR) is 69.7 cm³/mol. The van der Waals surface area contributed by atoms with E-state index in [4.69, 9.17) is 5.73 Å². The zero-order valence-electron chi connectivity index (χ0n) is 10.6.